The molecule has 1 unspecified atom stereocenters. The van der Waals surface area contributed by atoms with Crippen LogP contribution >= 0.6 is 0 Å². The first-order valence-corrected chi connectivity index (χ1v) is 5.54. The van der Waals surface area contributed by atoms with Gasteiger partial charge in [-0.25, -0.2) is 4.98 Å². The predicted molar refractivity (Wildman–Crippen MR) is 55.1 cm³/mol. The van der Waals surface area contributed by atoms with Gasteiger partial charge in [0.15, 0.2) is 0 Å². The smallest absolute Gasteiger partial charge is 0.254 e. The summed E-state index contributed by atoms with van der Waals surface area (Å²) in [5.41, 5.74) is 1.98. The van der Waals surface area contributed by atoms with Gasteiger partial charge in [0.25, 0.3) is 5.56 Å². The van der Waals surface area contributed by atoms with Crippen LogP contribution in [-0.4, -0.2) is 23.2 Å². The van der Waals surface area contributed by atoms with Gasteiger partial charge in [-0.1, -0.05) is 0 Å². The molecule has 1 N–H and O–H groups in total. The van der Waals surface area contributed by atoms with Gasteiger partial charge in [0.05, 0.1) is 12.3 Å². The van der Waals surface area contributed by atoms with Gasteiger partial charge >= 0.3 is 0 Å². The van der Waals surface area contributed by atoms with Crippen molar-refractivity contribution in [1.29, 1.82) is 0 Å². The molecule has 4 nitrogen and oxygen atoms in total. The lowest BCUT2D eigenvalue weighted by atomic mass is 10.1. The van der Waals surface area contributed by atoms with E-state index < -0.39 is 0 Å². The van der Waals surface area contributed by atoms with Crippen molar-refractivity contribution in [2.24, 2.45) is 0 Å². The predicted octanol–water partition coefficient (Wildman–Crippen LogP) is 0.762. The number of aromatic nitrogens is 2. The Kier molecular flexibility index (Phi) is 2.09. The largest absolute Gasteiger partial charge is 0.381 e. The van der Waals surface area contributed by atoms with Crippen molar-refractivity contribution >= 4 is 0 Å². The number of rotatable bonds is 1. The number of fused-ring (bicyclic) bond motifs is 1. The molecule has 1 aliphatic heterocycles. The van der Waals surface area contributed by atoms with Gasteiger partial charge in [-0.15, -0.1) is 0 Å². The summed E-state index contributed by atoms with van der Waals surface area (Å²) in [6.07, 6.45) is 3.89. The molecule has 1 aliphatic carbocycles. The van der Waals surface area contributed by atoms with Crippen LogP contribution in [-0.2, 0) is 17.6 Å². The molecule has 3 rings (SSSR count). The van der Waals surface area contributed by atoms with Gasteiger partial charge in [0, 0.05) is 18.1 Å². The Morgan fingerprint density at radius 2 is 2.33 bits per heavy atom. The highest BCUT2D eigenvalue weighted by molar-refractivity contribution is 5.23. The second-order valence-corrected chi connectivity index (χ2v) is 4.29. The van der Waals surface area contributed by atoms with E-state index in [1.165, 1.54) is 0 Å². The number of H-pyrrole nitrogens is 1. The maximum Gasteiger partial charge on any atom is 0.254 e. The van der Waals surface area contributed by atoms with Crippen LogP contribution in [0.4, 0.5) is 0 Å². The summed E-state index contributed by atoms with van der Waals surface area (Å²) in [5, 5.41) is 0. The number of ether oxygens (including phenoxy) is 1. The normalized spacial score (nSPS) is 24.4. The average Bonchev–Trinajstić information content (AvgIpc) is 2.88. The van der Waals surface area contributed by atoms with E-state index in [9.17, 15) is 4.79 Å². The van der Waals surface area contributed by atoms with Crippen molar-refractivity contribution in [1.82, 2.24) is 9.97 Å². The SMILES string of the molecule is O=c1[nH]c(C2CCOC2)nc2c1CCC2. The van der Waals surface area contributed by atoms with E-state index >= 15 is 0 Å². The van der Waals surface area contributed by atoms with Gasteiger partial charge in [0.1, 0.15) is 5.82 Å². The highest BCUT2D eigenvalue weighted by atomic mass is 16.5. The minimum atomic E-state index is 0.0689. The highest BCUT2D eigenvalue weighted by Gasteiger charge is 2.23. The Labute approximate surface area is 87.7 Å². The zero-order valence-corrected chi connectivity index (χ0v) is 8.58. The molecule has 0 radical (unpaired) electrons. The summed E-state index contributed by atoms with van der Waals surface area (Å²) in [4.78, 5) is 19.2. The van der Waals surface area contributed by atoms with E-state index in [-0.39, 0.29) is 5.56 Å². The molecule has 1 fully saturated rings. The van der Waals surface area contributed by atoms with Crippen LogP contribution < -0.4 is 5.56 Å². The lowest BCUT2D eigenvalue weighted by molar-refractivity contribution is 0.193. The van der Waals surface area contributed by atoms with E-state index in [1.54, 1.807) is 0 Å². The Balaban J connectivity index is 2.03. The third-order valence-electron chi connectivity index (χ3n) is 3.28. The summed E-state index contributed by atoms with van der Waals surface area (Å²) in [7, 11) is 0. The third-order valence-corrected chi connectivity index (χ3v) is 3.28. The first-order valence-electron chi connectivity index (χ1n) is 5.54. The summed E-state index contributed by atoms with van der Waals surface area (Å²) >= 11 is 0. The van der Waals surface area contributed by atoms with Gasteiger partial charge in [-0.2, -0.15) is 0 Å². The van der Waals surface area contributed by atoms with Crippen LogP contribution in [0.3, 0.4) is 0 Å². The van der Waals surface area contributed by atoms with E-state index in [0.717, 1.165) is 49.4 Å². The number of nitrogens with one attached hydrogen (secondary N) is 1. The molecular formula is C11H14N2O2. The van der Waals surface area contributed by atoms with Crippen molar-refractivity contribution in [2.45, 2.75) is 31.6 Å². The fourth-order valence-electron chi connectivity index (χ4n) is 2.40. The Morgan fingerprint density at radius 1 is 1.40 bits per heavy atom. The minimum Gasteiger partial charge on any atom is -0.381 e. The Hall–Kier alpha value is -1.16. The van der Waals surface area contributed by atoms with Crippen molar-refractivity contribution in [2.75, 3.05) is 13.2 Å². The van der Waals surface area contributed by atoms with Crippen LogP contribution in [0.1, 0.15) is 35.8 Å². The first kappa shape index (κ1) is 9.09. The Bertz CT molecular complexity index is 433. The van der Waals surface area contributed by atoms with Crippen LogP contribution in [0, 0.1) is 0 Å². The second kappa shape index (κ2) is 3.45. The molecule has 4 heteroatoms. The maximum atomic E-state index is 11.8. The van der Waals surface area contributed by atoms with Crippen molar-refractivity contribution in [3.8, 4) is 0 Å². The van der Waals surface area contributed by atoms with E-state index in [2.05, 4.69) is 9.97 Å². The van der Waals surface area contributed by atoms with Gasteiger partial charge < -0.3 is 9.72 Å². The van der Waals surface area contributed by atoms with Crippen LogP contribution in [0.5, 0.6) is 0 Å². The van der Waals surface area contributed by atoms with Crippen molar-refractivity contribution < 1.29 is 4.74 Å². The lowest BCUT2D eigenvalue weighted by Crippen LogP contribution is -2.19. The summed E-state index contributed by atoms with van der Waals surface area (Å²) in [6, 6.07) is 0. The number of nitrogens with zero attached hydrogens (tertiary/aromatic N) is 1. The molecule has 1 aromatic rings. The van der Waals surface area contributed by atoms with E-state index in [0.29, 0.717) is 12.5 Å². The van der Waals surface area contributed by atoms with E-state index in [1.807, 2.05) is 0 Å². The fraction of sp³-hybridized carbons (Fsp3) is 0.636. The second-order valence-electron chi connectivity index (χ2n) is 4.29. The fourth-order valence-corrected chi connectivity index (χ4v) is 2.40. The molecule has 1 saturated heterocycles. The maximum absolute atomic E-state index is 11.8. The van der Waals surface area contributed by atoms with Gasteiger partial charge in [-0.3, -0.25) is 4.79 Å². The summed E-state index contributed by atoms with van der Waals surface area (Å²) in [6.45, 7) is 1.48. The monoisotopic (exact) mass is 206 g/mol. The molecular weight excluding hydrogens is 192 g/mol. The number of aromatic amines is 1. The number of hydrogen-bond acceptors (Lipinski definition) is 3. The molecule has 0 aromatic carbocycles. The van der Waals surface area contributed by atoms with Crippen LogP contribution in [0.25, 0.3) is 0 Å². The number of hydrogen-bond donors (Lipinski definition) is 1. The van der Waals surface area contributed by atoms with Gasteiger partial charge in [0.2, 0.25) is 0 Å². The molecule has 2 heterocycles. The highest BCUT2D eigenvalue weighted by Crippen LogP contribution is 2.23. The standard InChI is InChI=1S/C11H14N2O2/c14-11-8-2-1-3-9(8)12-10(13-11)7-4-5-15-6-7/h7H,1-6H2,(H,12,13,14). The molecule has 80 valence electrons. The molecule has 1 atom stereocenters. The molecule has 0 amide bonds. The zero-order valence-electron chi connectivity index (χ0n) is 8.58. The third kappa shape index (κ3) is 1.49. The zero-order chi connectivity index (χ0) is 10.3. The average molecular weight is 206 g/mol. The number of aryl methyl sites for hydroxylation is 1. The lowest BCUT2D eigenvalue weighted by Gasteiger charge is -2.08. The molecule has 0 bridgehead atoms. The van der Waals surface area contributed by atoms with Crippen LogP contribution in [0.15, 0.2) is 4.79 Å². The van der Waals surface area contributed by atoms with E-state index in [4.69, 9.17) is 4.74 Å². The van der Waals surface area contributed by atoms with Crippen LogP contribution in [0.2, 0.25) is 0 Å². The molecule has 0 spiro atoms. The van der Waals surface area contributed by atoms with Gasteiger partial charge in [-0.05, 0) is 25.7 Å². The summed E-state index contributed by atoms with van der Waals surface area (Å²) < 4.78 is 5.31. The first-order chi connectivity index (χ1) is 7.34. The molecule has 0 saturated carbocycles. The summed E-state index contributed by atoms with van der Waals surface area (Å²) in [5.74, 6) is 1.13. The van der Waals surface area contributed by atoms with Crippen molar-refractivity contribution in [3.05, 3.63) is 27.4 Å². The quantitative estimate of drug-likeness (QED) is 0.738. The minimum absolute atomic E-state index is 0.0689. The van der Waals surface area contributed by atoms with Crippen molar-refractivity contribution in [3.63, 3.8) is 0 Å². The topological polar surface area (TPSA) is 55.0 Å². The Morgan fingerprint density at radius 3 is 3.13 bits per heavy atom. The molecule has 1 aromatic heterocycles. The molecule has 2 aliphatic rings. The molecule has 15 heavy (non-hydrogen) atoms.